The van der Waals surface area contributed by atoms with Crippen LogP contribution in [0.5, 0.6) is 0 Å². The maximum Gasteiger partial charge on any atom is 0.264 e. The molecule has 1 aliphatic heterocycles. The van der Waals surface area contributed by atoms with Crippen molar-refractivity contribution in [1.82, 2.24) is 10.3 Å². The summed E-state index contributed by atoms with van der Waals surface area (Å²) in [4.78, 5) is 21.9. The molecule has 5 nitrogen and oxygen atoms in total. The summed E-state index contributed by atoms with van der Waals surface area (Å²) in [7, 11) is 0. The molecule has 0 aliphatic carbocycles. The van der Waals surface area contributed by atoms with Crippen LogP contribution in [-0.2, 0) is 4.79 Å². The fraction of sp³-hybridized carbons (Fsp3) is 0.0455. The van der Waals surface area contributed by atoms with Crippen LogP contribution in [0, 0.1) is 6.92 Å². The minimum atomic E-state index is -0.210. The van der Waals surface area contributed by atoms with E-state index < -0.39 is 0 Å². The van der Waals surface area contributed by atoms with Crippen molar-refractivity contribution in [2.24, 2.45) is 4.99 Å². The number of aromatic nitrogens is 1. The molecule has 1 N–H and O–H groups in total. The average molecular weight is 484 g/mol. The molecule has 1 fully saturated rings. The predicted molar refractivity (Wildman–Crippen MR) is 129 cm³/mol. The van der Waals surface area contributed by atoms with E-state index in [2.05, 4.69) is 21.4 Å². The van der Waals surface area contributed by atoms with Gasteiger partial charge in [0.2, 0.25) is 0 Å². The standard InChI is InChI=1S/C22H14ClN3O2S3/c1-12-6-7-13(10-15(12)23)24-21-26-20(27)18(29-21)11-14-8-9-19(28-14)31-22-25-16-4-2-3-5-17(16)30-22/h2-11H,1H3,(H,24,26,27)/b18-11-. The fourth-order valence-corrected chi connectivity index (χ4v) is 5.79. The molecule has 1 amide bonds. The molecule has 1 saturated heterocycles. The van der Waals surface area contributed by atoms with Crippen molar-refractivity contribution in [3.63, 3.8) is 0 Å². The fourth-order valence-electron chi connectivity index (χ4n) is 2.83. The van der Waals surface area contributed by atoms with Crippen LogP contribution >= 0.6 is 46.5 Å². The Bertz CT molecular complexity index is 1340. The number of halogens is 1. The number of thioether (sulfide) groups is 1. The number of nitrogens with one attached hydrogen (secondary N) is 1. The molecule has 3 heterocycles. The molecule has 9 heteroatoms. The first-order valence-electron chi connectivity index (χ1n) is 9.22. The topological polar surface area (TPSA) is 67.5 Å². The van der Waals surface area contributed by atoms with Crippen LogP contribution < -0.4 is 5.32 Å². The highest BCUT2D eigenvalue weighted by Crippen LogP contribution is 2.36. The molecule has 0 spiro atoms. The number of rotatable bonds is 4. The van der Waals surface area contributed by atoms with E-state index in [-0.39, 0.29) is 5.91 Å². The smallest absolute Gasteiger partial charge is 0.264 e. The van der Waals surface area contributed by atoms with Crippen molar-refractivity contribution in [2.45, 2.75) is 16.4 Å². The number of thiazole rings is 1. The van der Waals surface area contributed by atoms with Crippen LogP contribution in [-0.4, -0.2) is 16.1 Å². The van der Waals surface area contributed by atoms with E-state index >= 15 is 0 Å². The Hall–Kier alpha value is -2.52. The normalized spacial score (nSPS) is 16.5. The lowest BCUT2D eigenvalue weighted by atomic mass is 10.2. The van der Waals surface area contributed by atoms with Gasteiger partial charge in [0.25, 0.3) is 5.91 Å². The van der Waals surface area contributed by atoms with Gasteiger partial charge in [0.15, 0.2) is 14.6 Å². The summed E-state index contributed by atoms with van der Waals surface area (Å²) in [5, 5.41) is 4.64. The van der Waals surface area contributed by atoms with Gasteiger partial charge in [-0.25, -0.2) is 9.98 Å². The Morgan fingerprint density at radius 1 is 1.19 bits per heavy atom. The summed E-state index contributed by atoms with van der Waals surface area (Å²) in [5.74, 6) is 0.389. The molecule has 5 rings (SSSR count). The van der Waals surface area contributed by atoms with E-state index in [4.69, 9.17) is 16.0 Å². The molecule has 0 atom stereocenters. The number of amides is 1. The average Bonchev–Trinajstić information content (AvgIpc) is 3.44. The highest BCUT2D eigenvalue weighted by Gasteiger charge is 2.24. The minimum absolute atomic E-state index is 0.210. The molecule has 0 bridgehead atoms. The van der Waals surface area contributed by atoms with Crippen molar-refractivity contribution in [3.05, 3.63) is 75.8 Å². The Kier molecular flexibility index (Phi) is 5.62. The van der Waals surface area contributed by atoms with Gasteiger partial charge in [-0.05, 0) is 72.4 Å². The molecule has 154 valence electrons. The Balaban J connectivity index is 1.31. The van der Waals surface area contributed by atoms with E-state index in [9.17, 15) is 4.79 Å². The number of aryl methyl sites for hydroxylation is 1. The summed E-state index contributed by atoms with van der Waals surface area (Å²) >= 11 is 10.5. The lowest BCUT2D eigenvalue weighted by Crippen LogP contribution is -2.19. The van der Waals surface area contributed by atoms with Crippen LogP contribution in [0.2, 0.25) is 5.02 Å². The zero-order valence-corrected chi connectivity index (χ0v) is 19.3. The number of aliphatic imine (C=N–C) groups is 1. The first-order valence-corrected chi connectivity index (χ1v) is 12.1. The Morgan fingerprint density at radius 3 is 2.90 bits per heavy atom. The van der Waals surface area contributed by atoms with Gasteiger partial charge in [0, 0.05) is 11.1 Å². The predicted octanol–water partition coefficient (Wildman–Crippen LogP) is 6.89. The maximum atomic E-state index is 12.3. The summed E-state index contributed by atoms with van der Waals surface area (Å²) in [6.07, 6.45) is 1.72. The number of amidine groups is 1. The second-order valence-electron chi connectivity index (χ2n) is 6.62. The quantitative estimate of drug-likeness (QED) is 0.320. The number of hydrogen-bond acceptors (Lipinski definition) is 7. The second kappa shape index (κ2) is 8.55. The van der Waals surface area contributed by atoms with Crippen molar-refractivity contribution in [2.75, 3.05) is 0 Å². The lowest BCUT2D eigenvalue weighted by Gasteiger charge is -2.00. The monoisotopic (exact) mass is 483 g/mol. The van der Waals surface area contributed by atoms with Crippen molar-refractivity contribution < 1.29 is 9.21 Å². The van der Waals surface area contributed by atoms with Gasteiger partial charge in [0.1, 0.15) is 5.76 Å². The first kappa shape index (κ1) is 20.4. The number of fused-ring (bicyclic) bond motifs is 1. The molecular weight excluding hydrogens is 470 g/mol. The lowest BCUT2D eigenvalue weighted by molar-refractivity contribution is -0.115. The third-order valence-electron chi connectivity index (χ3n) is 4.37. The van der Waals surface area contributed by atoms with Crippen LogP contribution in [0.3, 0.4) is 0 Å². The molecule has 2 aromatic heterocycles. The van der Waals surface area contributed by atoms with Gasteiger partial charge in [-0.15, -0.1) is 11.3 Å². The Morgan fingerprint density at radius 2 is 2.06 bits per heavy atom. The number of benzene rings is 2. The number of carbonyl (C=O) groups is 1. The molecule has 2 aromatic carbocycles. The molecule has 31 heavy (non-hydrogen) atoms. The summed E-state index contributed by atoms with van der Waals surface area (Å²) in [6, 6.07) is 17.3. The van der Waals surface area contributed by atoms with E-state index in [1.165, 1.54) is 23.5 Å². The van der Waals surface area contributed by atoms with Gasteiger partial charge in [-0.3, -0.25) is 4.79 Å². The molecule has 0 saturated carbocycles. The molecular formula is C22H14ClN3O2S3. The van der Waals surface area contributed by atoms with Gasteiger partial charge in [0.05, 0.1) is 20.8 Å². The number of furan rings is 1. The number of nitrogens with zero attached hydrogens (tertiary/aromatic N) is 2. The van der Waals surface area contributed by atoms with Gasteiger partial charge < -0.3 is 9.73 Å². The zero-order valence-electron chi connectivity index (χ0n) is 16.1. The number of para-hydroxylation sites is 1. The summed E-state index contributed by atoms with van der Waals surface area (Å²) < 4.78 is 7.93. The van der Waals surface area contributed by atoms with E-state index in [1.54, 1.807) is 23.5 Å². The van der Waals surface area contributed by atoms with Crippen molar-refractivity contribution in [1.29, 1.82) is 0 Å². The summed E-state index contributed by atoms with van der Waals surface area (Å²) in [6.45, 7) is 1.93. The third-order valence-corrected chi connectivity index (χ3v) is 7.71. The van der Waals surface area contributed by atoms with Gasteiger partial charge >= 0.3 is 0 Å². The SMILES string of the molecule is Cc1ccc(N=C2NC(=O)/C(=C/c3ccc(Sc4nc5ccccc5s4)o3)S2)cc1Cl. The zero-order chi connectivity index (χ0) is 21.4. The van der Waals surface area contributed by atoms with Crippen LogP contribution in [0.4, 0.5) is 5.69 Å². The highest BCUT2D eigenvalue weighted by atomic mass is 35.5. The minimum Gasteiger partial charge on any atom is -0.450 e. The van der Waals surface area contributed by atoms with E-state index in [0.29, 0.717) is 26.5 Å². The largest absolute Gasteiger partial charge is 0.450 e. The highest BCUT2D eigenvalue weighted by molar-refractivity contribution is 8.18. The van der Waals surface area contributed by atoms with Crippen LogP contribution in [0.15, 0.2) is 78.3 Å². The number of carbonyl (C=O) groups excluding carboxylic acids is 1. The van der Waals surface area contributed by atoms with Crippen molar-refractivity contribution in [3.8, 4) is 0 Å². The molecule has 1 aliphatic rings. The molecule has 0 unspecified atom stereocenters. The van der Waals surface area contributed by atoms with Gasteiger partial charge in [-0.2, -0.15) is 0 Å². The van der Waals surface area contributed by atoms with Crippen LogP contribution in [0.1, 0.15) is 11.3 Å². The molecule has 4 aromatic rings. The number of hydrogen-bond donors (Lipinski definition) is 1. The van der Waals surface area contributed by atoms with Gasteiger partial charge in [-0.1, -0.05) is 29.8 Å². The first-order chi connectivity index (χ1) is 15.0. The second-order valence-corrected chi connectivity index (χ2v) is 10.3. The third kappa shape index (κ3) is 4.57. The summed E-state index contributed by atoms with van der Waals surface area (Å²) in [5.41, 5.74) is 2.64. The van der Waals surface area contributed by atoms with E-state index in [1.807, 2.05) is 49.4 Å². The van der Waals surface area contributed by atoms with Crippen molar-refractivity contribution >= 4 is 79.5 Å². The Labute approximate surface area is 195 Å². The van der Waals surface area contributed by atoms with Crippen LogP contribution in [0.25, 0.3) is 16.3 Å². The maximum absolute atomic E-state index is 12.3. The van der Waals surface area contributed by atoms with E-state index in [0.717, 1.165) is 25.2 Å². The molecule has 0 radical (unpaired) electrons.